The quantitative estimate of drug-likeness (QED) is 0.782. The number of hydrogen-bond donors (Lipinski definition) is 1. The first-order valence-electron chi connectivity index (χ1n) is 7.93. The molecule has 0 radical (unpaired) electrons. The Balaban J connectivity index is 2.09. The Morgan fingerprint density at radius 2 is 2.04 bits per heavy atom. The van der Waals surface area contributed by atoms with Crippen molar-refractivity contribution < 1.29 is 42.0 Å². The molecule has 1 fully saturated rings. The Morgan fingerprint density at radius 3 is 2.63 bits per heavy atom. The number of thioether (sulfide) groups is 1. The Hall–Kier alpha value is -2.20. The van der Waals surface area contributed by atoms with Crippen molar-refractivity contribution in [1.29, 1.82) is 0 Å². The number of hydrogen-bond acceptors (Lipinski definition) is 8. The van der Waals surface area contributed by atoms with Crippen LogP contribution in [0.3, 0.4) is 0 Å². The molecular formula is C17H16F2O7S. The lowest BCUT2D eigenvalue weighted by Crippen LogP contribution is -2.46. The molecule has 3 atom stereocenters. The Labute approximate surface area is 156 Å². The Bertz CT molecular complexity index is 930. The predicted octanol–water partition coefficient (Wildman–Crippen LogP) is 2.67. The molecule has 146 valence electrons. The monoisotopic (exact) mass is 402 g/mol. The van der Waals surface area contributed by atoms with Gasteiger partial charge < -0.3 is 28.5 Å². The molecule has 7 nitrogen and oxygen atoms in total. The summed E-state index contributed by atoms with van der Waals surface area (Å²) in [6.07, 6.45) is -2.13. The first-order chi connectivity index (χ1) is 12.8. The van der Waals surface area contributed by atoms with E-state index in [0.717, 1.165) is 7.11 Å². The number of methoxy groups -OCH3 is 3. The summed E-state index contributed by atoms with van der Waals surface area (Å²) in [4.78, 5) is 10.2. The molecule has 27 heavy (non-hydrogen) atoms. The van der Waals surface area contributed by atoms with Gasteiger partial charge in [0, 0.05) is 6.42 Å². The van der Waals surface area contributed by atoms with Gasteiger partial charge in [-0.25, -0.2) is 8.78 Å². The highest BCUT2D eigenvalue weighted by Crippen LogP contribution is 2.66. The number of ether oxygens (including phenoxy) is 4. The van der Waals surface area contributed by atoms with Crippen LogP contribution >= 0.6 is 11.8 Å². The molecule has 0 spiro atoms. The van der Waals surface area contributed by atoms with Crippen molar-refractivity contribution in [3.63, 3.8) is 0 Å². The number of fused-ring (bicyclic) bond motifs is 5. The highest BCUT2D eigenvalue weighted by Gasteiger charge is 2.69. The molecule has 2 aliphatic rings. The molecule has 2 bridgehead atoms. The fourth-order valence-corrected chi connectivity index (χ4v) is 5.31. The molecule has 0 aliphatic carbocycles. The third-order valence-electron chi connectivity index (χ3n) is 4.91. The summed E-state index contributed by atoms with van der Waals surface area (Å²) in [6, 6.07) is 1.59. The van der Waals surface area contributed by atoms with Gasteiger partial charge in [-0.1, -0.05) is 11.8 Å². The van der Waals surface area contributed by atoms with E-state index >= 15 is 0 Å². The normalized spacial score (nSPS) is 28.8. The zero-order valence-electron chi connectivity index (χ0n) is 14.6. The number of alkyl halides is 2. The smallest absolute Gasteiger partial charge is 0.322 e. The number of halogens is 2. The summed E-state index contributed by atoms with van der Waals surface area (Å²) in [5.74, 6) is -0.768. The van der Waals surface area contributed by atoms with Crippen LogP contribution in [0.4, 0.5) is 8.78 Å². The van der Waals surface area contributed by atoms with Gasteiger partial charge in [0.1, 0.15) is 16.6 Å². The molecule has 1 saturated heterocycles. The van der Waals surface area contributed by atoms with Crippen molar-refractivity contribution in [3.8, 4) is 17.2 Å². The van der Waals surface area contributed by atoms with E-state index in [1.165, 1.54) is 20.5 Å². The van der Waals surface area contributed by atoms with Gasteiger partial charge in [-0.05, 0) is 6.07 Å². The number of rotatable bonds is 4. The Kier molecular flexibility index (Phi) is 3.97. The van der Waals surface area contributed by atoms with E-state index in [1.54, 1.807) is 6.07 Å². The minimum absolute atomic E-state index is 0.0417. The maximum absolute atomic E-state index is 14.0. The zero-order valence-corrected chi connectivity index (χ0v) is 15.4. The van der Waals surface area contributed by atoms with Crippen molar-refractivity contribution in [2.75, 3.05) is 21.3 Å². The van der Waals surface area contributed by atoms with E-state index in [4.69, 9.17) is 23.4 Å². The molecule has 10 heteroatoms. The fourth-order valence-electron chi connectivity index (χ4n) is 3.79. The highest BCUT2D eigenvalue weighted by atomic mass is 32.2. The molecule has 1 N–H and O–H groups in total. The Morgan fingerprint density at radius 1 is 1.33 bits per heavy atom. The third kappa shape index (κ3) is 2.19. The molecule has 2 aromatic rings. The van der Waals surface area contributed by atoms with Crippen LogP contribution in [-0.4, -0.2) is 49.0 Å². The van der Waals surface area contributed by atoms with Crippen molar-refractivity contribution in [2.45, 2.75) is 28.6 Å². The second kappa shape index (κ2) is 5.90. The minimum Gasteiger partial charge on any atom is -0.495 e. The van der Waals surface area contributed by atoms with Crippen molar-refractivity contribution in [3.05, 3.63) is 17.9 Å². The predicted molar refractivity (Wildman–Crippen MR) is 90.6 cm³/mol. The maximum atomic E-state index is 14.0. The van der Waals surface area contributed by atoms with Gasteiger partial charge in [-0.3, -0.25) is 4.79 Å². The first-order valence-corrected chi connectivity index (χ1v) is 8.81. The van der Waals surface area contributed by atoms with Gasteiger partial charge in [0.15, 0.2) is 11.3 Å². The maximum Gasteiger partial charge on any atom is 0.322 e. The lowest BCUT2D eigenvalue weighted by atomic mass is 9.81. The minimum atomic E-state index is -2.99. The van der Waals surface area contributed by atoms with Crippen LogP contribution < -0.4 is 14.2 Å². The number of esters is 1. The van der Waals surface area contributed by atoms with Crippen LogP contribution in [0, 0.1) is 0 Å². The number of furan rings is 1. The van der Waals surface area contributed by atoms with Crippen LogP contribution in [-0.2, 0) is 15.1 Å². The van der Waals surface area contributed by atoms with Crippen molar-refractivity contribution in [1.82, 2.24) is 0 Å². The fraction of sp³-hybridized carbons (Fsp3) is 0.471. The van der Waals surface area contributed by atoms with Crippen LogP contribution in [0.15, 0.2) is 16.7 Å². The van der Waals surface area contributed by atoms with Gasteiger partial charge >= 0.3 is 5.97 Å². The van der Waals surface area contributed by atoms with Crippen LogP contribution in [0.5, 0.6) is 17.2 Å². The van der Waals surface area contributed by atoms with Crippen LogP contribution in [0.1, 0.15) is 12.0 Å². The third-order valence-corrected chi connectivity index (χ3v) is 6.53. The average molecular weight is 402 g/mol. The van der Waals surface area contributed by atoms with Crippen molar-refractivity contribution in [2.24, 2.45) is 0 Å². The van der Waals surface area contributed by atoms with Gasteiger partial charge in [-0.15, -0.1) is 0 Å². The lowest BCUT2D eigenvalue weighted by Gasteiger charge is -2.38. The second-order valence-corrected chi connectivity index (χ2v) is 7.67. The second-order valence-electron chi connectivity index (χ2n) is 6.27. The van der Waals surface area contributed by atoms with Gasteiger partial charge in [0.25, 0.3) is 6.43 Å². The summed E-state index contributed by atoms with van der Waals surface area (Å²) < 4.78 is 54.6. The number of aliphatic hydroxyl groups is 1. The summed E-state index contributed by atoms with van der Waals surface area (Å²) in [7, 11) is 3.82. The first kappa shape index (κ1) is 18.2. The standard InChI is InChI=1S/C17H16F2O7S/c1-22-9-7-4-5-25-10(7)12(23-2)11-8(9)16(21)6-17(26-11,15(18)19)27-13(16)14(20)24-3/h4-5,13,15,21H,6H2,1-3H3/t13-,16+,17+/m0/s1. The lowest BCUT2D eigenvalue weighted by molar-refractivity contribution is -0.147. The number of carbonyl (C=O) groups is 1. The van der Waals surface area contributed by atoms with E-state index in [-0.39, 0.29) is 28.4 Å². The SMILES string of the molecule is COC(=O)[C@@H]1S[C@@]2(C(F)F)C[C@@]1(O)c1c(c(OC)c3occc3c1OC)O2. The number of benzene rings is 1. The molecule has 0 saturated carbocycles. The topological polar surface area (TPSA) is 87.4 Å². The zero-order chi connectivity index (χ0) is 19.6. The van der Waals surface area contributed by atoms with Crippen molar-refractivity contribution >= 4 is 28.7 Å². The molecule has 0 amide bonds. The number of carbonyl (C=O) groups excluding carboxylic acids is 1. The molecule has 0 unspecified atom stereocenters. The molecule has 1 aromatic carbocycles. The van der Waals surface area contributed by atoms with E-state index < -0.39 is 34.6 Å². The van der Waals surface area contributed by atoms with E-state index in [9.17, 15) is 18.7 Å². The molecular weight excluding hydrogens is 386 g/mol. The molecule has 2 aliphatic heterocycles. The van der Waals surface area contributed by atoms with Gasteiger partial charge in [0.2, 0.25) is 10.7 Å². The molecule has 1 aromatic heterocycles. The summed E-state index contributed by atoms with van der Waals surface area (Å²) in [5.41, 5.74) is -1.72. The summed E-state index contributed by atoms with van der Waals surface area (Å²) >= 11 is 0.534. The molecule has 3 heterocycles. The van der Waals surface area contributed by atoms with Gasteiger partial charge in [0.05, 0.1) is 38.5 Å². The molecule has 4 rings (SSSR count). The van der Waals surface area contributed by atoms with Crippen LogP contribution in [0.2, 0.25) is 0 Å². The summed E-state index contributed by atoms with van der Waals surface area (Å²) in [5, 5.41) is 10.6. The van der Waals surface area contributed by atoms with E-state index in [2.05, 4.69) is 0 Å². The van der Waals surface area contributed by atoms with Crippen LogP contribution in [0.25, 0.3) is 11.0 Å². The largest absolute Gasteiger partial charge is 0.495 e. The summed E-state index contributed by atoms with van der Waals surface area (Å²) in [6.45, 7) is 0. The van der Waals surface area contributed by atoms with Gasteiger partial charge in [-0.2, -0.15) is 0 Å². The highest BCUT2D eigenvalue weighted by molar-refractivity contribution is 8.02. The van der Waals surface area contributed by atoms with E-state index in [0.29, 0.717) is 17.1 Å². The van der Waals surface area contributed by atoms with E-state index in [1.807, 2.05) is 0 Å². The average Bonchev–Trinajstić information content (AvgIpc) is 3.21.